The molecule has 2 N–H and O–H groups in total. The summed E-state index contributed by atoms with van der Waals surface area (Å²) in [5.41, 5.74) is 0. The highest BCUT2D eigenvalue weighted by atomic mass is 32.1. The molecule has 0 bridgehead atoms. The Morgan fingerprint density at radius 1 is 1.40 bits per heavy atom. The molecule has 0 amide bonds. The van der Waals surface area contributed by atoms with Gasteiger partial charge in [0.15, 0.2) is 5.96 Å². The number of guanidine groups is 1. The summed E-state index contributed by atoms with van der Waals surface area (Å²) in [6, 6.07) is 4.84. The highest BCUT2D eigenvalue weighted by molar-refractivity contribution is 7.14. The maximum absolute atomic E-state index is 5.11. The van der Waals surface area contributed by atoms with Crippen LogP contribution in [0.3, 0.4) is 0 Å². The van der Waals surface area contributed by atoms with Gasteiger partial charge in [-0.25, -0.2) is 0 Å². The molecule has 1 aromatic rings. The molecule has 1 fully saturated rings. The summed E-state index contributed by atoms with van der Waals surface area (Å²) >= 11 is 1.83. The molecule has 0 unspecified atom stereocenters. The van der Waals surface area contributed by atoms with Crippen molar-refractivity contribution in [2.45, 2.75) is 25.8 Å². The summed E-state index contributed by atoms with van der Waals surface area (Å²) in [4.78, 5) is 9.45. The number of thiophene rings is 1. The van der Waals surface area contributed by atoms with Gasteiger partial charge in [-0.15, -0.1) is 11.3 Å². The largest absolute Gasteiger partial charge is 0.383 e. The van der Waals surface area contributed by atoms with E-state index in [4.69, 9.17) is 9.73 Å². The highest BCUT2D eigenvalue weighted by Crippen LogP contribution is 2.24. The van der Waals surface area contributed by atoms with Crippen LogP contribution in [0.4, 0.5) is 5.00 Å². The van der Waals surface area contributed by atoms with Gasteiger partial charge in [-0.2, -0.15) is 0 Å². The van der Waals surface area contributed by atoms with Crippen molar-refractivity contribution >= 4 is 22.3 Å². The molecular weight excluding hydrogens is 334 g/mol. The molecule has 7 heteroatoms. The Morgan fingerprint density at radius 3 is 2.84 bits per heavy atom. The van der Waals surface area contributed by atoms with Crippen LogP contribution in [0.2, 0.25) is 0 Å². The number of methoxy groups -OCH3 is 1. The monoisotopic (exact) mass is 367 g/mol. The second-order valence-electron chi connectivity index (χ2n) is 6.41. The predicted octanol–water partition coefficient (Wildman–Crippen LogP) is 1.85. The molecule has 0 radical (unpaired) electrons. The lowest BCUT2D eigenvalue weighted by Crippen LogP contribution is -2.48. The van der Waals surface area contributed by atoms with E-state index in [1.165, 1.54) is 5.00 Å². The quantitative estimate of drug-likeness (QED) is 0.515. The fourth-order valence-electron chi connectivity index (χ4n) is 2.90. The van der Waals surface area contributed by atoms with Gasteiger partial charge in [-0.3, -0.25) is 4.99 Å². The third-order valence-electron chi connectivity index (χ3n) is 4.43. The van der Waals surface area contributed by atoms with Crippen LogP contribution in [-0.2, 0) is 4.74 Å². The Hall–Kier alpha value is -1.31. The summed E-state index contributed by atoms with van der Waals surface area (Å²) in [6.45, 7) is 8.66. The number of aliphatic imine (C=N–C) groups is 1. The van der Waals surface area contributed by atoms with E-state index in [0.717, 1.165) is 64.7 Å². The molecule has 1 saturated heterocycles. The molecule has 1 aliphatic rings. The zero-order chi connectivity index (χ0) is 17.9. The third-order valence-corrected chi connectivity index (χ3v) is 5.36. The lowest BCUT2D eigenvalue weighted by atomic mass is 10.1. The van der Waals surface area contributed by atoms with Gasteiger partial charge in [-0.05, 0) is 44.3 Å². The molecule has 0 spiro atoms. The van der Waals surface area contributed by atoms with E-state index in [-0.39, 0.29) is 0 Å². The van der Waals surface area contributed by atoms with Gasteiger partial charge >= 0.3 is 0 Å². The Morgan fingerprint density at radius 2 is 2.20 bits per heavy atom. The van der Waals surface area contributed by atoms with Gasteiger partial charge in [0, 0.05) is 45.9 Å². The first kappa shape index (κ1) is 20.0. The fourth-order valence-corrected chi connectivity index (χ4v) is 3.68. The molecule has 6 nitrogen and oxygen atoms in total. The van der Waals surface area contributed by atoms with Crippen LogP contribution in [0.25, 0.3) is 0 Å². The standard InChI is InChI=1S/C18H33N5OS/c1-4-19-18(20-9-12-22(2)13-14-24-3)21-16-7-10-23(11-8-16)17-6-5-15-25-17/h5-6,15-16H,4,7-14H2,1-3H3,(H2,19,20,21). The fraction of sp³-hybridized carbons (Fsp3) is 0.722. The van der Waals surface area contributed by atoms with E-state index in [0.29, 0.717) is 6.04 Å². The van der Waals surface area contributed by atoms with E-state index in [1.54, 1.807) is 7.11 Å². The lowest BCUT2D eigenvalue weighted by Gasteiger charge is -2.33. The number of rotatable bonds is 9. The maximum atomic E-state index is 5.11. The smallest absolute Gasteiger partial charge is 0.191 e. The number of anilines is 1. The van der Waals surface area contributed by atoms with Crippen molar-refractivity contribution in [2.24, 2.45) is 4.99 Å². The number of nitrogens with zero attached hydrogens (tertiary/aromatic N) is 3. The zero-order valence-electron chi connectivity index (χ0n) is 15.8. The second-order valence-corrected chi connectivity index (χ2v) is 7.34. The summed E-state index contributed by atoms with van der Waals surface area (Å²) < 4.78 is 5.11. The summed E-state index contributed by atoms with van der Waals surface area (Å²) in [5.74, 6) is 0.942. The van der Waals surface area contributed by atoms with Gasteiger partial charge in [-0.1, -0.05) is 0 Å². The molecule has 0 atom stereocenters. The van der Waals surface area contributed by atoms with Crippen LogP contribution in [0.15, 0.2) is 22.5 Å². The Labute approximate surface area is 156 Å². The van der Waals surface area contributed by atoms with Crippen LogP contribution < -0.4 is 15.5 Å². The first-order valence-electron chi connectivity index (χ1n) is 9.23. The number of hydrogen-bond donors (Lipinski definition) is 2. The van der Waals surface area contributed by atoms with E-state index in [1.807, 2.05) is 11.3 Å². The molecule has 2 heterocycles. The van der Waals surface area contributed by atoms with Gasteiger partial charge in [0.25, 0.3) is 0 Å². The van der Waals surface area contributed by atoms with E-state index >= 15 is 0 Å². The number of ether oxygens (including phenoxy) is 1. The minimum atomic E-state index is 0.500. The number of likely N-dealkylation sites (N-methyl/N-ethyl adjacent to an activating group) is 1. The van der Waals surface area contributed by atoms with Gasteiger partial charge in [0.05, 0.1) is 18.2 Å². The Bertz CT molecular complexity index is 486. The van der Waals surface area contributed by atoms with Crippen molar-refractivity contribution in [1.82, 2.24) is 15.5 Å². The van der Waals surface area contributed by atoms with Crippen molar-refractivity contribution < 1.29 is 4.74 Å². The SMILES string of the molecule is CCNC(=NCCN(C)CCOC)NC1CCN(c2cccs2)CC1. The van der Waals surface area contributed by atoms with Crippen LogP contribution in [0, 0.1) is 0 Å². The van der Waals surface area contributed by atoms with E-state index in [2.05, 4.69) is 51.9 Å². The Kier molecular flexibility index (Phi) is 9.07. The Balaban J connectivity index is 1.74. The topological polar surface area (TPSA) is 52.1 Å². The van der Waals surface area contributed by atoms with Crippen molar-refractivity contribution in [3.8, 4) is 0 Å². The van der Waals surface area contributed by atoms with Crippen molar-refractivity contribution in [1.29, 1.82) is 0 Å². The van der Waals surface area contributed by atoms with Gasteiger partial charge < -0.3 is 25.2 Å². The number of piperidine rings is 1. The molecule has 0 aromatic carbocycles. The third kappa shape index (κ3) is 7.22. The van der Waals surface area contributed by atoms with Crippen LogP contribution in [-0.4, -0.2) is 76.9 Å². The average Bonchev–Trinajstić information content (AvgIpc) is 3.15. The molecule has 1 aromatic heterocycles. The number of hydrogen-bond acceptors (Lipinski definition) is 5. The van der Waals surface area contributed by atoms with Crippen LogP contribution >= 0.6 is 11.3 Å². The molecule has 0 aliphatic carbocycles. The van der Waals surface area contributed by atoms with Gasteiger partial charge in [0.1, 0.15) is 0 Å². The average molecular weight is 368 g/mol. The first-order chi connectivity index (χ1) is 12.2. The summed E-state index contributed by atoms with van der Waals surface area (Å²) in [6.07, 6.45) is 2.30. The summed E-state index contributed by atoms with van der Waals surface area (Å²) in [5, 5.41) is 10.5. The van der Waals surface area contributed by atoms with Crippen molar-refractivity contribution in [3.05, 3.63) is 17.5 Å². The highest BCUT2D eigenvalue weighted by Gasteiger charge is 2.20. The zero-order valence-corrected chi connectivity index (χ0v) is 16.6. The normalized spacial score (nSPS) is 16.5. The lowest BCUT2D eigenvalue weighted by molar-refractivity contribution is 0.163. The number of nitrogens with one attached hydrogen (secondary N) is 2. The van der Waals surface area contributed by atoms with E-state index < -0.39 is 0 Å². The molecule has 2 rings (SSSR count). The molecule has 142 valence electrons. The maximum Gasteiger partial charge on any atom is 0.191 e. The van der Waals surface area contributed by atoms with Gasteiger partial charge in [0.2, 0.25) is 0 Å². The second kappa shape index (κ2) is 11.3. The molecule has 25 heavy (non-hydrogen) atoms. The molecule has 1 aliphatic heterocycles. The summed E-state index contributed by atoms with van der Waals surface area (Å²) in [7, 11) is 3.85. The molecule has 0 saturated carbocycles. The van der Waals surface area contributed by atoms with Crippen LogP contribution in [0.1, 0.15) is 19.8 Å². The van der Waals surface area contributed by atoms with E-state index in [9.17, 15) is 0 Å². The first-order valence-corrected chi connectivity index (χ1v) is 10.1. The van der Waals surface area contributed by atoms with Crippen molar-refractivity contribution in [3.63, 3.8) is 0 Å². The molecular formula is C18H33N5OS. The van der Waals surface area contributed by atoms with Crippen LogP contribution in [0.5, 0.6) is 0 Å². The minimum Gasteiger partial charge on any atom is -0.383 e. The minimum absolute atomic E-state index is 0.500. The van der Waals surface area contributed by atoms with Crippen molar-refractivity contribution in [2.75, 3.05) is 64.9 Å². The predicted molar refractivity (Wildman–Crippen MR) is 108 cm³/mol.